The summed E-state index contributed by atoms with van der Waals surface area (Å²) in [5.41, 5.74) is 1.36. The zero-order chi connectivity index (χ0) is 16.1. The van der Waals surface area contributed by atoms with Crippen molar-refractivity contribution >= 4 is 11.8 Å². The average molecular weight is 335 g/mol. The zero-order valence-corrected chi connectivity index (χ0v) is 15.1. The summed E-state index contributed by atoms with van der Waals surface area (Å²) in [7, 11) is 0. The highest BCUT2D eigenvalue weighted by molar-refractivity contribution is 7.98. The molecule has 0 amide bonds. The van der Waals surface area contributed by atoms with Crippen LogP contribution in [0.3, 0.4) is 0 Å². The normalized spacial score (nSPS) is 27.7. The Morgan fingerprint density at radius 2 is 1.91 bits per heavy atom. The molecule has 1 N–H and O–H groups in total. The molecule has 3 nitrogen and oxygen atoms in total. The Bertz CT molecular complexity index is 488. The van der Waals surface area contributed by atoms with Crippen molar-refractivity contribution in [1.29, 1.82) is 0 Å². The predicted molar refractivity (Wildman–Crippen MR) is 98.0 cm³/mol. The number of thioether (sulfide) groups is 1. The monoisotopic (exact) mass is 334 g/mol. The van der Waals surface area contributed by atoms with Crippen molar-refractivity contribution in [1.82, 2.24) is 9.80 Å². The van der Waals surface area contributed by atoms with Gasteiger partial charge in [0.05, 0.1) is 6.10 Å². The largest absolute Gasteiger partial charge is 0.390 e. The first-order valence-corrected chi connectivity index (χ1v) is 10.3. The maximum atomic E-state index is 10.7. The van der Waals surface area contributed by atoms with Gasteiger partial charge in [-0.2, -0.15) is 0 Å². The number of β-amino-alcohol motifs (C(OH)–C–C–N with tert-alkyl or cyclic N) is 1. The first kappa shape index (κ1) is 17.3. The van der Waals surface area contributed by atoms with Crippen molar-refractivity contribution in [3.8, 4) is 0 Å². The van der Waals surface area contributed by atoms with E-state index in [9.17, 15) is 5.11 Å². The second kappa shape index (κ2) is 8.52. The molecular weight excluding hydrogens is 304 g/mol. The standard InChI is InChI=1S/C19H30N2OS/c1-23-17-8-6-7-16(13-17)14-20-12-9-18(19(22)15-20)21-10-4-2-3-5-11-21/h6-8,13,18-19,22H,2-5,9-12,14-15H2,1H3/t18-,19-/m1/s1. The van der Waals surface area contributed by atoms with Gasteiger partial charge in [0, 0.05) is 30.6 Å². The molecule has 0 aliphatic carbocycles. The van der Waals surface area contributed by atoms with Crippen molar-refractivity contribution < 1.29 is 5.11 Å². The van der Waals surface area contributed by atoms with E-state index in [-0.39, 0.29) is 6.10 Å². The third-order valence-corrected chi connectivity index (χ3v) is 6.01. The van der Waals surface area contributed by atoms with Crippen LogP contribution in [0.4, 0.5) is 0 Å². The Kier molecular flexibility index (Phi) is 6.40. The highest BCUT2D eigenvalue weighted by Gasteiger charge is 2.32. The molecule has 0 saturated carbocycles. The fourth-order valence-electron chi connectivity index (χ4n) is 4.01. The van der Waals surface area contributed by atoms with Crippen LogP contribution >= 0.6 is 11.8 Å². The number of rotatable bonds is 4. The molecule has 2 aliphatic rings. The highest BCUT2D eigenvalue weighted by atomic mass is 32.2. The first-order chi connectivity index (χ1) is 11.3. The van der Waals surface area contributed by atoms with Crippen LogP contribution < -0.4 is 0 Å². The lowest BCUT2D eigenvalue weighted by atomic mass is 9.99. The molecule has 2 saturated heterocycles. The van der Waals surface area contributed by atoms with Gasteiger partial charge in [0.25, 0.3) is 0 Å². The lowest BCUT2D eigenvalue weighted by molar-refractivity contribution is -0.0144. The van der Waals surface area contributed by atoms with Crippen molar-refractivity contribution in [2.75, 3.05) is 32.4 Å². The molecule has 2 atom stereocenters. The van der Waals surface area contributed by atoms with Crippen LogP contribution in [0.25, 0.3) is 0 Å². The third-order valence-electron chi connectivity index (χ3n) is 5.28. The fourth-order valence-corrected chi connectivity index (χ4v) is 4.49. The molecular formula is C19H30N2OS. The quantitative estimate of drug-likeness (QED) is 0.855. The van der Waals surface area contributed by atoms with E-state index in [0.717, 1.165) is 26.1 Å². The summed E-state index contributed by atoms with van der Waals surface area (Å²) in [4.78, 5) is 6.30. The fraction of sp³-hybridized carbons (Fsp3) is 0.684. The zero-order valence-electron chi connectivity index (χ0n) is 14.3. The maximum Gasteiger partial charge on any atom is 0.0822 e. The van der Waals surface area contributed by atoms with Gasteiger partial charge < -0.3 is 5.11 Å². The van der Waals surface area contributed by atoms with Gasteiger partial charge in [0.2, 0.25) is 0 Å². The molecule has 4 heteroatoms. The van der Waals surface area contributed by atoms with Crippen LogP contribution in [-0.2, 0) is 6.54 Å². The summed E-state index contributed by atoms with van der Waals surface area (Å²) in [6.45, 7) is 5.22. The number of hydrogen-bond acceptors (Lipinski definition) is 4. The van der Waals surface area contributed by atoms with E-state index in [4.69, 9.17) is 0 Å². The van der Waals surface area contributed by atoms with Crippen molar-refractivity contribution in [3.63, 3.8) is 0 Å². The lowest BCUT2D eigenvalue weighted by Gasteiger charge is -2.41. The van der Waals surface area contributed by atoms with Gasteiger partial charge in [-0.25, -0.2) is 0 Å². The minimum Gasteiger partial charge on any atom is -0.390 e. The molecule has 128 valence electrons. The number of aliphatic hydroxyl groups excluding tert-OH is 1. The van der Waals surface area contributed by atoms with Crippen LogP contribution in [0.2, 0.25) is 0 Å². The smallest absolute Gasteiger partial charge is 0.0822 e. The molecule has 0 unspecified atom stereocenters. The molecule has 2 fully saturated rings. The van der Waals surface area contributed by atoms with Gasteiger partial charge >= 0.3 is 0 Å². The van der Waals surface area contributed by atoms with Crippen LogP contribution in [0.15, 0.2) is 29.2 Å². The van der Waals surface area contributed by atoms with E-state index in [1.165, 1.54) is 49.2 Å². The number of benzene rings is 1. The Labute approximate surface area is 145 Å². The van der Waals surface area contributed by atoms with Crippen LogP contribution in [-0.4, -0.2) is 59.5 Å². The number of piperidine rings is 1. The Balaban J connectivity index is 1.55. The molecule has 2 heterocycles. The number of likely N-dealkylation sites (tertiary alicyclic amines) is 2. The van der Waals surface area contributed by atoms with Gasteiger partial charge in [-0.1, -0.05) is 25.0 Å². The Hall–Kier alpha value is -0.550. The van der Waals surface area contributed by atoms with Crippen LogP contribution in [0, 0.1) is 0 Å². The summed E-state index contributed by atoms with van der Waals surface area (Å²) in [5.74, 6) is 0. The van der Waals surface area contributed by atoms with Crippen LogP contribution in [0.5, 0.6) is 0 Å². The maximum absolute atomic E-state index is 10.7. The van der Waals surface area contributed by atoms with Crippen LogP contribution in [0.1, 0.15) is 37.7 Å². The highest BCUT2D eigenvalue weighted by Crippen LogP contribution is 2.23. The number of hydrogen-bond donors (Lipinski definition) is 1. The summed E-state index contributed by atoms with van der Waals surface area (Å²) in [6.07, 6.45) is 8.33. The topological polar surface area (TPSA) is 26.7 Å². The lowest BCUT2D eigenvalue weighted by Crippen LogP contribution is -2.54. The van der Waals surface area contributed by atoms with Gasteiger partial charge in [-0.15, -0.1) is 11.8 Å². The summed E-state index contributed by atoms with van der Waals surface area (Å²) in [5, 5.41) is 10.7. The van der Waals surface area contributed by atoms with Crippen molar-refractivity contribution in [2.45, 2.75) is 55.7 Å². The van der Waals surface area contributed by atoms with Crippen molar-refractivity contribution in [2.24, 2.45) is 0 Å². The molecule has 1 aromatic rings. The average Bonchev–Trinajstić information content (AvgIpc) is 2.84. The molecule has 23 heavy (non-hydrogen) atoms. The molecule has 3 rings (SSSR count). The molecule has 0 bridgehead atoms. The van der Waals surface area contributed by atoms with E-state index in [2.05, 4.69) is 40.3 Å². The first-order valence-electron chi connectivity index (χ1n) is 9.03. The number of nitrogens with zero attached hydrogens (tertiary/aromatic N) is 2. The van der Waals surface area contributed by atoms with E-state index in [1.54, 1.807) is 11.8 Å². The second-order valence-electron chi connectivity index (χ2n) is 6.96. The van der Waals surface area contributed by atoms with Crippen molar-refractivity contribution in [3.05, 3.63) is 29.8 Å². The predicted octanol–water partition coefficient (Wildman–Crippen LogP) is 3.22. The minimum absolute atomic E-state index is 0.203. The van der Waals surface area contributed by atoms with E-state index in [1.807, 2.05) is 0 Å². The Morgan fingerprint density at radius 1 is 1.13 bits per heavy atom. The SMILES string of the molecule is CSc1cccc(CN2CC[C@@H](N3CCCCCC3)[C@H](O)C2)c1. The van der Waals surface area contributed by atoms with Gasteiger partial charge in [-0.05, 0) is 56.3 Å². The second-order valence-corrected chi connectivity index (χ2v) is 7.84. The van der Waals surface area contributed by atoms with E-state index < -0.39 is 0 Å². The van der Waals surface area contributed by atoms with Gasteiger partial charge in [0.1, 0.15) is 0 Å². The molecule has 0 spiro atoms. The third kappa shape index (κ3) is 4.72. The minimum atomic E-state index is -0.203. The van der Waals surface area contributed by atoms with E-state index >= 15 is 0 Å². The molecule has 1 aromatic carbocycles. The van der Waals surface area contributed by atoms with E-state index in [0.29, 0.717) is 6.04 Å². The number of aliphatic hydroxyl groups is 1. The Morgan fingerprint density at radius 3 is 2.61 bits per heavy atom. The summed E-state index contributed by atoms with van der Waals surface area (Å²) in [6, 6.07) is 9.16. The van der Waals surface area contributed by atoms with Gasteiger partial charge in [0.15, 0.2) is 0 Å². The molecule has 0 radical (unpaired) electrons. The summed E-state index contributed by atoms with van der Waals surface area (Å²) < 4.78 is 0. The molecule has 0 aromatic heterocycles. The summed E-state index contributed by atoms with van der Waals surface area (Å²) >= 11 is 1.79. The molecule has 2 aliphatic heterocycles. The van der Waals surface area contributed by atoms with Gasteiger partial charge in [-0.3, -0.25) is 9.80 Å².